The third kappa shape index (κ3) is 2.87. The molecule has 3 aromatic carbocycles. The molecule has 6 heteroatoms. The standard InChI is InChI=1S/C21H16N4S2/c26-21-23-22-20(25(21)15-8-2-1-3-9-15)14-24-16-10-4-6-12-18(16)27-19-13-7-5-11-17(19)24/h1-13H,14H2,(H,23,26). The summed E-state index contributed by atoms with van der Waals surface area (Å²) in [6.07, 6.45) is 0. The number of hydrogen-bond acceptors (Lipinski definition) is 4. The summed E-state index contributed by atoms with van der Waals surface area (Å²) in [6, 6.07) is 27.1. The van der Waals surface area contributed by atoms with Crippen molar-refractivity contribution in [3.8, 4) is 5.69 Å². The molecule has 0 radical (unpaired) electrons. The Bertz CT molecular complexity index is 1120. The van der Waals surface area contributed by atoms with E-state index in [0.717, 1.165) is 11.5 Å². The number of nitrogens with zero attached hydrogens (tertiary/aromatic N) is 3. The molecule has 2 heterocycles. The summed E-state index contributed by atoms with van der Waals surface area (Å²) < 4.78 is 2.60. The van der Waals surface area contributed by atoms with Crippen molar-refractivity contribution in [3.63, 3.8) is 0 Å². The van der Waals surface area contributed by atoms with E-state index in [4.69, 9.17) is 12.2 Å². The van der Waals surface area contributed by atoms with Crippen molar-refractivity contribution in [2.24, 2.45) is 0 Å². The topological polar surface area (TPSA) is 36.9 Å². The molecule has 1 aromatic heterocycles. The Kier molecular flexibility index (Phi) is 4.07. The Labute approximate surface area is 166 Å². The van der Waals surface area contributed by atoms with Crippen LogP contribution in [0.3, 0.4) is 0 Å². The summed E-state index contributed by atoms with van der Waals surface area (Å²) in [6.45, 7) is 0.622. The molecule has 0 fully saturated rings. The second kappa shape index (κ2) is 6.72. The van der Waals surface area contributed by atoms with E-state index in [9.17, 15) is 0 Å². The first-order chi connectivity index (χ1) is 13.3. The van der Waals surface area contributed by atoms with E-state index < -0.39 is 0 Å². The summed E-state index contributed by atoms with van der Waals surface area (Å²) in [5.74, 6) is 0.878. The van der Waals surface area contributed by atoms with Crippen molar-refractivity contribution >= 4 is 35.4 Å². The number of aromatic nitrogens is 3. The summed E-state index contributed by atoms with van der Waals surface area (Å²) >= 11 is 7.31. The van der Waals surface area contributed by atoms with E-state index in [1.54, 1.807) is 11.8 Å². The number of nitrogens with one attached hydrogen (secondary N) is 1. The van der Waals surface area contributed by atoms with Gasteiger partial charge in [0.05, 0.1) is 17.9 Å². The molecule has 0 unspecified atom stereocenters. The number of para-hydroxylation sites is 3. The Morgan fingerprint density at radius 1 is 0.815 bits per heavy atom. The van der Waals surface area contributed by atoms with Crippen molar-refractivity contribution in [1.29, 1.82) is 0 Å². The largest absolute Gasteiger partial charge is 0.332 e. The van der Waals surface area contributed by atoms with Gasteiger partial charge in [-0.15, -0.1) is 0 Å². The molecular weight excluding hydrogens is 372 g/mol. The number of anilines is 2. The normalized spacial score (nSPS) is 12.5. The smallest absolute Gasteiger partial charge is 0.199 e. The lowest BCUT2D eigenvalue weighted by molar-refractivity contribution is 0.816. The predicted molar refractivity (Wildman–Crippen MR) is 112 cm³/mol. The molecule has 4 nitrogen and oxygen atoms in total. The Morgan fingerprint density at radius 3 is 2.07 bits per heavy atom. The van der Waals surface area contributed by atoms with Crippen LogP contribution in [0, 0.1) is 4.77 Å². The molecule has 0 bridgehead atoms. The van der Waals surface area contributed by atoms with Crippen LogP contribution in [-0.2, 0) is 6.54 Å². The lowest BCUT2D eigenvalue weighted by Gasteiger charge is -2.32. The number of aromatic amines is 1. The van der Waals surface area contributed by atoms with E-state index in [0.29, 0.717) is 11.3 Å². The average molecular weight is 389 g/mol. The minimum atomic E-state index is 0.601. The minimum absolute atomic E-state index is 0.601. The number of H-pyrrole nitrogens is 1. The van der Waals surface area contributed by atoms with E-state index >= 15 is 0 Å². The highest BCUT2D eigenvalue weighted by molar-refractivity contribution is 7.99. The summed E-state index contributed by atoms with van der Waals surface area (Å²) in [4.78, 5) is 4.80. The van der Waals surface area contributed by atoms with Crippen LogP contribution in [0.2, 0.25) is 0 Å². The zero-order valence-corrected chi connectivity index (χ0v) is 16.0. The molecule has 4 aromatic rings. The molecule has 1 aliphatic rings. The zero-order chi connectivity index (χ0) is 18.2. The molecule has 0 spiro atoms. The van der Waals surface area contributed by atoms with Gasteiger partial charge in [-0.25, -0.2) is 0 Å². The second-order valence-corrected chi connectivity index (χ2v) is 7.71. The fourth-order valence-electron chi connectivity index (χ4n) is 3.37. The third-order valence-electron chi connectivity index (χ3n) is 4.59. The summed E-state index contributed by atoms with van der Waals surface area (Å²) in [7, 11) is 0. The third-order valence-corrected chi connectivity index (χ3v) is 5.99. The van der Waals surface area contributed by atoms with Gasteiger partial charge in [-0.3, -0.25) is 9.67 Å². The number of hydrogen-bond donors (Lipinski definition) is 1. The summed E-state index contributed by atoms with van der Waals surface area (Å²) in [5.41, 5.74) is 3.39. The highest BCUT2D eigenvalue weighted by atomic mass is 32.2. The van der Waals surface area contributed by atoms with Gasteiger partial charge in [-0.2, -0.15) is 5.10 Å². The molecule has 0 amide bonds. The van der Waals surface area contributed by atoms with Gasteiger partial charge in [0, 0.05) is 15.5 Å². The minimum Gasteiger partial charge on any atom is -0.332 e. The molecule has 5 rings (SSSR count). The van der Waals surface area contributed by atoms with Gasteiger partial charge >= 0.3 is 0 Å². The predicted octanol–water partition coefficient (Wildman–Crippen LogP) is 5.73. The SMILES string of the molecule is S=c1[nH]nc(CN2c3ccccc3Sc3ccccc32)n1-c1ccccc1. The Morgan fingerprint density at radius 2 is 1.41 bits per heavy atom. The van der Waals surface area contributed by atoms with Crippen LogP contribution >= 0.6 is 24.0 Å². The van der Waals surface area contributed by atoms with Gasteiger partial charge in [-0.05, 0) is 48.6 Å². The second-order valence-electron chi connectivity index (χ2n) is 6.24. The summed E-state index contributed by atoms with van der Waals surface area (Å²) in [5, 5.41) is 7.49. The van der Waals surface area contributed by atoms with Crippen LogP contribution in [0.4, 0.5) is 11.4 Å². The lowest BCUT2D eigenvalue weighted by atomic mass is 10.2. The van der Waals surface area contributed by atoms with E-state index in [1.165, 1.54) is 21.2 Å². The van der Waals surface area contributed by atoms with Crippen molar-refractivity contribution in [1.82, 2.24) is 14.8 Å². The van der Waals surface area contributed by atoms with Crippen LogP contribution in [0.25, 0.3) is 5.69 Å². The van der Waals surface area contributed by atoms with Crippen LogP contribution in [-0.4, -0.2) is 14.8 Å². The van der Waals surface area contributed by atoms with Gasteiger partial charge < -0.3 is 4.90 Å². The van der Waals surface area contributed by atoms with Gasteiger partial charge in [0.2, 0.25) is 0 Å². The molecule has 1 aliphatic heterocycles. The van der Waals surface area contributed by atoms with Crippen LogP contribution in [0.1, 0.15) is 5.82 Å². The molecule has 0 aliphatic carbocycles. The zero-order valence-electron chi connectivity index (χ0n) is 14.4. The number of fused-ring (bicyclic) bond motifs is 2. The molecule has 0 saturated heterocycles. The lowest BCUT2D eigenvalue weighted by Crippen LogP contribution is -2.22. The maximum Gasteiger partial charge on any atom is 0.199 e. The number of rotatable bonds is 3. The van der Waals surface area contributed by atoms with Gasteiger partial charge in [-0.1, -0.05) is 54.2 Å². The first kappa shape index (κ1) is 16.4. The van der Waals surface area contributed by atoms with Gasteiger partial charge in [0.25, 0.3) is 0 Å². The maximum atomic E-state index is 5.50. The first-order valence-corrected chi connectivity index (χ1v) is 9.89. The Hall–Kier alpha value is -2.83. The maximum absolute atomic E-state index is 5.50. The van der Waals surface area contributed by atoms with Crippen molar-refractivity contribution in [2.75, 3.05) is 4.90 Å². The highest BCUT2D eigenvalue weighted by Crippen LogP contribution is 2.48. The molecular formula is C21H16N4S2. The van der Waals surface area contributed by atoms with Crippen LogP contribution < -0.4 is 4.90 Å². The highest BCUT2D eigenvalue weighted by Gasteiger charge is 2.24. The number of benzene rings is 3. The molecule has 27 heavy (non-hydrogen) atoms. The Balaban J connectivity index is 1.63. The molecule has 0 atom stereocenters. The van der Waals surface area contributed by atoms with Gasteiger partial charge in [0.15, 0.2) is 10.6 Å². The van der Waals surface area contributed by atoms with Crippen molar-refractivity contribution in [2.45, 2.75) is 16.3 Å². The fourth-order valence-corrected chi connectivity index (χ4v) is 4.72. The van der Waals surface area contributed by atoms with Crippen molar-refractivity contribution < 1.29 is 0 Å². The molecule has 1 N–H and O–H groups in total. The van der Waals surface area contributed by atoms with E-state index in [2.05, 4.69) is 63.6 Å². The van der Waals surface area contributed by atoms with Crippen LogP contribution in [0.15, 0.2) is 88.7 Å². The quantitative estimate of drug-likeness (QED) is 0.455. The molecule has 0 saturated carbocycles. The first-order valence-electron chi connectivity index (χ1n) is 8.66. The van der Waals surface area contributed by atoms with Gasteiger partial charge in [0.1, 0.15) is 0 Å². The fraction of sp³-hybridized carbons (Fsp3) is 0.0476. The van der Waals surface area contributed by atoms with E-state index in [1.807, 2.05) is 34.9 Å². The van der Waals surface area contributed by atoms with E-state index in [-0.39, 0.29) is 0 Å². The van der Waals surface area contributed by atoms with Crippen LogP contribution in [0.5, 0.6) is 0 Å². The monoisotopic (exact) mass is 388 g/mol. The average Bonchev–Trinajstić information content (AvgIpc) is 3.08. The van der Waals surface area contributed by atoms with Crippen molar-refractivity contribution in [3.05, 3.63) is 89.5 Å². The molecule has 132 valence electrons.